The fourth-order valence-corrected chi connectivity index (χ4v) is 7.01. The zero-order valence-electron chi connectivity index (χ0n) is 10.2. The fourth-order valence-electron chi connectivity index (χ4n) is 2.68. The average Bonchev–Trinajstić information content (AvgIpc) is 2.31. The number of aliphatic hydroxyl groups excluding tert-OH is 1. The molecule has 2 aliphatic rings. The van der Waals surface area contributed by atoms with Gasteiger partial charge in [-0.3, -0.25) is 0 Å². The summed E-state index contributed by atoms with van der Waals surface area (Å²) in [4.78, 5) is 0. The Hall–Kier alpha value is 1.76. The number of hydrogen-bond acceptors (Lipinski definition) is 2. The van der Waals surface area contributed by atoms with Gasteiger partial charge < -0.3 is 5.11 Å². The molecular formula is C12H17Cl5OS. The van der Waals surface area contributed by atoms with Gasteiger partial charge in [0.2, 0.25) is 0 Å². The van der Waals surface area contributed by atoms with Gasteiger partial charge >= 0.3 is 0 Å². The minimum absolute atomic E-state index is 0.0100. The second kappa shape index (κ2) is 7.35. The summed E-state index contributed by atoms with van der Waals surface area (Å²) < 4.78 is 0. The SMILES string of the molecule is OC1C(Cl)CC(Cl)CC1SC1CC(Cl)CC(Cl)C1Cl. The van der Waals surface area contributed by atoms with Crippen LogP contribution in [0, 0.1) is 0 Å². The zero-order chi connectivity index (χ0) is 14.2. The van der Waals surface area contributed by atoms with Crippen molar-refractivity contribution in [3.05, 3.63) is 0 Å². The van der Waals surface area contributed by atoms with E-state index in [2.05, 4.69) is 0 Å². The Bertz CT molecular complexity index is 280. The molecule has 2 aliphatic carbocycles. The van der Waals surface area contributed by atoms with Crippen LogP contribution < -0.4 is 0 Å². The Morgan fingerprint density at radius 2 is 1.26 bits per heavy atom. The lowest BCUT2D eigenvalue weighted by Gasteiger charge is -2.39. The van der Waals surface area contributed by atoms with E-state index >= 15 is 0 Å². The Balaban J connectivity index is 1.98. The van der Waals surface area contributed by atoms with Crippen LogP contribution in [0.15, 0.2) is 0 Å². The maximum absolute atomic E-state index is 10.2. The van der Waals surface area contributed by atoms with Crippen LogP contribution in [0.4, 0.5) is 0 Å². The minimum Gasteiger partial charge on any atom is -0.390 e. The minimum atomic E-state index is -0.546. The topological polar surface area (TPSA) is 20.2 Å². The van der Waals surface area contributed by atoms with Gasteiger partial charge in [-0.15, -0.1) is 58.0 Å². The van der Waals surface area contributed by atoms with Gasteiger partial charge in [-0.05, 0) is 25.7 Å². The first-order valence-corrected chi connectivity index (χ1v) is 9.55. The van der Waals surface area contributed by atoms with E-state index in [9.17, 15) is 5.11 Å². The van der Waals surface area contributed by atoms with E-state index in [1.54, 1.807) is 11.8 Å². The van der Waals surface area contributed by atoms with Gasteiger partial charge in [0, 0.05) is 21.3 Å². The van der Waals surface area contributed by atoms with Crippen LogP contribution >= 0.6 is 69.8 Å². The lowest BCUT2D eigenvalue weighted by Crippen LogP contribution is -2.44. The molecule has 0 radical (unpaired) electrons. The molecule has 2 rings (SSSR count). The van der Waals surface area contributed by atoms with Gasteiger partial charge in [-0.1, -0.05) is 0 Å². The molecule has 0 aromatic rings. The Labute approximate surface area is 143 Å². The van der Waals surface area contributed by atoms with Crippen LogP contribution in [0.3, 0.4) is 0 Å². The molecule has 0 heterocycles. The third-order valence-corrected chi connectivity index (χ3v) is 7.88. The number of halogens is 5. The van der Waals surface area contributed by atoms with Crippen LogP contribution in [-0.2, 0) is 0 Å². The summed E-state index contributed by atoms with van der Waals surface area (Å²) in [6.45, 7) is 0. The summed E-state index contributed by atoms with van der Waals surface area (Å²) in [5.74, 6) is 0. The van der Waals surface area contributed by atoms with Crippen LogP contribution in [0.1, 0.15) is 25.7 Å². The second-order valence-electron chi connectivity index (χ2n) is 5.32. The van der Waals surface area contributed by atoms with Gasteiger partial charge in [0.25, 0.3) is 0 Å². The molecule has 19 heavy (non-hydrogen) atoms. The lowest BCUT2D eigenvalue weighted by atomic mass is 9.96. The first-order chi connectivity index (χ1) is 8.88. The van der Waals surface area contributed by atoms with Crippen LogP contribution in [0.25, 0.3) is 0 Å². The summed E-state index contributed by atoms with van der Waals surface area (Å²) in [5.41, 5.74) is 0. The van der Waals surface area contributed by atoms with E-state index in [4.69, 9.17) is 58.0 Å². The molecule has 0 spiro atoms. The van der Waals surface area contributed by atoms with E-state index in [0.29, 0.717) is 6.42 Å². The Morgan fingerprint density at radius 1 is 0.737 bits per heavy atom. The van der Waals surface area contributed by atoms with Gasteiger partial charge in [0.1, 0.15) is 0 Å². The Kier molecular flexibility index (Phi) is 6.62. The second-order valence-corrected chi connectivity index (χ2v) is 9.66. The number of aliphatic hydroxyl groups is 1. The van der Waals surface area contributed by atoms with Gasteiger partial charge in [-0.25, -0.2) is 0 Å². The molecule has 0 saturated heterocycles. The first-order valence-electron chi connectivity index (χ1n) is 6.42. The van der Waals surface area contributed by atoms with E-state index in [1.807, 2.05) is 0 Å². The summed E-state index contributed by atoms with van der Waals surface area (Å²) in [5, 5.41) is 9.87. The molecule has 2 saturated carbocycles. The van der Waals surface area contributed by atoms with Crippen LogP contribution in [0.5, 0.6) is 0 Å². The molecule has 8 unspecified atom stereocenters. The third kappa shape index (κ3) is 4.37. The third-order valence-electron chi connectivity index (χ3n) is 3.74. The quantitative estimate of drug-likeness (QED) is 0.708. The molecular weight excluding hydrogens is 369 g/mol. The molecule has 112 valence electrons. The van der Waals surface area contributed by atoms with E-state index in [0.717, 1.165) is 19.3 Å². The lowest BCUT2D eigenvalue weighted by molar-refractivity contribution is 0.142. The summed E-state index contributed by atoms with van der Waals surface area (Å²) in [6, 6.07) is 0. The molecule has 1 N–H and O–H groups in total. The molecule has 0 aromatic heterocycles. The Morgan fingerprint density at radius 3 is 1.89 bits per heavy atom. The van der Waals surface area contributed by atoms with Crippen molar-refractivity contribution in [1.29, 1.82) is 0 Å². The standard InChI is InChI=1S/C12H17Cl5OS/c13-5-1-7(15)11(17)9(3-5)19-10-4-6(14)2-8(16)12(10)18/h5-12,18H,1-4H2. The average molecular weight is 387 g/mol. The molecule has 7 heteroatoms. The van der Waals surface area contributed by atoms with Crippen molar-refractivity contribution >= 4 is 69.8 Å². The van der Waals surface area contributed by atoms with Crippen molar-refractivity contribution in [2.24, 2.45) is 0 Å². The molecule has 0 amide bonds. The highest BCUT2D eigenvalue weighted by molar-refractivity contribution is 8.00. The van der Waals surface area contributed by atoms with Crippen molar-refractivity contribution in [1.82, 2.24) is 0 Å². The summed E-state index contributed by atoms with van der Waals surface area (Å²) >= 11 is 32.8. The van der Waals surface area contributed by atoms with E-state index in [-0.39, 0.29) is 37.4 Å². The maximum atomic E-state index is 10.2. The molecule has 8 atom stereocenters. The number of thioether (sulfide) groups is 1. The molecule has 2 fully saturated rings. The van der Waals surface area contributed by atoms with Crippen molar-refractivity contribution in [3.63, 3.8) is 0 Å². The molecule has 0 bridgehead atoms. The van der Waals surface area contributed by atoms with Crippen LogP contribution in [0.2, 0.25) is 0 Å². The van der Waals surface area contributed by atoms with Crippen LogP contribution in [-0.4, -0.2) is 48.6 Å². The van der Waals surface area contributed by atoms with Gasteiger partial charge in [0.15, 0.2) is 0 Å². The van der Waals surface area contributed by atoms with Gasteiger partial charge in [-0.2, -0.15) is 11.8 Å². The van der Waals surface area contributed by atoms with Gasteiger partial charge in [0.05, 0.1) is 22.2 Å². The highest BCUT2D eigenvalue weighted by Gasteiger charge is 2.41. The number of alkyl halides is 5. The largest absolute Gasteiger partial charge is 0.390 e. The zero-order valence-corrected chi connectivity index (χ0v) is 14.8. The number of rotatable bonds is 2. The van der Waals surface area contributed by atoms with E-state index in [1.165, 1.54) is 0 Å². The highest BCUT2D eigenvalue weighted by atomic mass is 35.5. The predicted octanol–water partition coefficient (Wildman–Crippen LogP) is 4.44. The molecule has 0 aliphatic heterocycles. The highest BCUT2D eigenvalue weighted by Crippen LogP contribution is 2.43. The van der Waals surface area contributed by atoms with Crippen molar-refractivity contribution in [2.75, 3.05) is 0 Å². The van der Waals surface area contributed by atoms with Crippen molar-refractivity contribution < 1.29 is 5.11 Å². The molecule has 1 nitrogen and oxygen atoms in total. The monoisotopic (exact) mass is 384 g/mol. The maximum Gasteiger partial charge on any atom is 0.0823 e. The molecule has 0 aromatic carbocycles. The number of hydrogen-bond donors (Lipinski definition) is 1. The normalized spacial score (nSPS) is 52.1. The van der Waals surface area contributed by atoms with E-state index < -0.39 is 6.10 Å². The first kappa shape index (κ1) is 17.1. The predicted molar refractivity (Wildman–Crippen MR) is 87.8 cm³/mol. The van der Waals surface area contributed by atoms with Crippen molar-refractivity contribution in [2.45, 2.75) is 69.2 Å². The fraction of sp³-hybridized carbons (Fsp3) is 1.00. The van der Waals surface area contributed by atoms with Crippen molar-refractivity contribution in [3.8, 4) is 0 Å². The summed E-state index contributed by atoms with van der Waals surface area (Å²) in [7, 11) is 0. The summed E-state index contributed by atoms with van der Waals surface area (Å²) in [6.07, 6.45) is 2.39. The smallest absolute Gasteiger partial charge is 0.0823 e.